The zero-order valence-electron chi connectivity index (χ0n) is 12.6. The van der Waals surface area contributed by atoms with Crippen LogP contribution in [0.25, 0.3) is 0 Å². The Morgan fingerprint density at radius 1 is 1.00 bits per heavy atom. The molecule has 2 nitrogen and oxygen atoms in total. The van der Waals surface area contributed by atoms with Gasteiger partial charge in [-0.15, -0.1) is 0 Å². The summed E-state index contributed by atoms with van der Waals surface area (Å²) in [5.41, 5.74) is 4.91. The van der Waals surface area contributed by atoms with Gasteiger partial charge in [0.25, 0.3) is 0 Å². The summed E-state index contributed by atoms with van der Waals surface area (Å²) in [6, 6.07) is 13.9. The molecular formula is C18H21NO. The standard InChI is InChI=1S/C18H21NO/c1-13-5-9-16(10-6-13)18(20)17-11-15(12-19(3)4)8-7-14(17)2/h5-11H,12H2,1-4H3. The molecule has 0 radical (unpaired) electrons. The van der Waals surface area contributed by atoms with Crippen LogP contribution in [0.3, 0.4) is 0 Å². The van der Waals surface area contributed by atoms with Gasteiger partial charge in [-0.3, -0.25) is 4.79 Å². The molecule has 20 heavy (non-hydrogen) atoms. The zero-order chi connectivity index (χ0) is 14.7. The van der Waals surface area contributed by atoms with E-state index in [0.717, 1.165) is 28.8 Å². The largest absolute Gasteiger partial charge is 0.305 e. The molecule has 0 aliphatic carbocycles. The maximum atomic E-state index is 12.6. The lowest BCUT2D eigenvalue weighted by Crippen LogP contribution is -2.12. The number of hydrogen-bond donors (Lipinski definition) is 0. The summed E-state index contributed by atoms with van der Waals surface area (Å²) in [5, 5.41) is 0. The van der Waals surface area contributed by atoms with Crippen LogP contribution in [0.15, 0.2) is 42.5 Å². The van der Waals surface area contributed by atoms with Crippen molar-refractivity contribution in [1.82, 2.24) is 4.90 Å². The van der Waals surface area contributed by atoms with E-state index in [2.05, 4.69) is 11.0 Å². The predicted octanol–water partition coefficient (Wildman–Crippen LogP) is 3.60. The molecule has 0 aliphatic rings. The molecule has 2 aromatic carbocycles. The van der Waals surface area contributed by atoms with Gasteiger partial charge in [0.2, 0.25) is 0 Å². The first-order valence-corrected chi connectivity index (χ1v) is 6.83. The highest BCUT2D eigenvalue weighted by atomic mass is 16.1. The Labute approximate surface area is 121 Å². The summed E-state index contributed by atoms with van der Waals surface area (Å²) in [5.74, 6) is 0.100. The van der Waals surface area contributed by atoms with Crippen molar-refractivity contribution in [2.24, 2.45) is 0 Å². The fourth-order valence-electron chi connectivity index (χ4n) is 2.24. The van der Waals surface area contributed by atoms with E-state index in [1.165, 1.54) is 5.56 Å². The van der Waals surface area contributed by atoms with Crippen molar-refractivity contribution >= 4 is 5.78 Å². The van der Waals surface area contributed by atoms with Crippen molar-refractivity contribution in [1.29, 1.82) is 0 Å². The summed E-state index contributed by atoms with van der Waals surface area (Å²) in [4.78, 5) is 14.7. The minimum Gasteiger partial charge on any atom is -0.305 e. The van der Waals surface area contributed by atoms with Crippen molar-refractivity contribution in [3.05, 3.63) is 70.3 Å². The molecule has 104 valence electrons. The summed E-state index contributed by atoms with van der Waals surface area (Å²) in [6.45, 7) is 4.85. The smallest absolute Gasteiger partial charge is 0.193 e. The number of rotatable bonds is 4. The SMILES string of the molecule is Cc1ccc(C(=O)c2cc(CN(C)C)ccc2C)cc1. The van der Waals surface area contributed by atoms with Crippen LogP contribution in [-0.2, 0) is 6.54 Å². The fourth-order valence-corrected chi connectivity index (χ4v) is 2.24. The predicted molar refractivity (Wildman–Crippen MR) is 83.2 cm³/mol. The molecule has 0 amide bonds. The topological polar surface area (TPSA) is 20.3 Å². The zero-order valence-corrected chi connectivity index (χ0v) is 12.6. The Hall–Kier alpha value is -1.93. The molecule has 0 N–H and O–H groups in total. The normalized spacial score (nSPS) is 10.8. The van der Waals surface area contributed by atoms with E-state index in [4.69, 9.17) is 0 Å². The van der Waals surface area contributed by atoms with Crippen molar-refractivity contribution in [2.45, 2.75) is 20.4 Å². The second-order valence-corrected chi connectivity index (χ2v) is 5.58. The molecule has 0 aromatic heterocycles. The van der Waals surface area contributed by atoms with Gasteiger partial charge in [-0.1, -0.05) is 42.0 Å². The minimum atomic E-state index is 0.100. The number of benzene rings is 2. The molecule has 0 saturated heterocycles. The molecular weight excluding hydrogens is 246 g/mol. The minimum absolute atomic E-state index is 0.100. The molecule has 2 heteroatoms. The molecule has 0 unspecified atom stereocenters. The van der Waals surface area contributed by atoms with Crippen molar-refractivity contribution in [2.75, 3.05) is 14.1 Å². The first kappa shape index (κ1) is 14.5. The lowest BCUT2D eigenvalue weighted by molar-refractivity contribution is 0.103. The van der Waals surface area contributed by atoms with E-state index < -0.39 is 0 Å². The maximum absolute atomic E-state index is 12.6. The van der Waals surface area contributed by atoms with Crippen LogP contribution < -0.4 is 0 Å². The van der Waals surface area contributed by atoms with Crippen LogP contribution in [-0.4, -0.2) is 24.8 Å². The second-order valence-electron chi connectivity index (χ2n) is 5.58. The van der Waals surface area contributed by atoms with E-state index in [0.29, 0.717) is 0 Å². The number of aryl methyl sites for hydroxylation is 2. The number of carbonyl (C=O) groups excluding carboxylic acids is 1. The highest BCUT2D eigenvalue weighted by Crippen LogP contribution is 2.17. The summed E-state index contributed by atoms with van der Waals surface area (Å²) in [6.07, 6.45) is 0. The molecule has 0 saturated carbocycles. The van der Waals surface area contributed by atoms with Gasteiger partial charge in [-0.2, -0.15) is 0 Å². The lowest BCUT2D eigenvalue weighted by atomic mass is 9.96. The van der Waals surface area contributed by atoms with Crippen LogP contribution in [0.2, 0.25) is 0 Å². The maximum Gasteiger partial charge on any atom is 0.193 e. The average Bonchev–Trinajstić information content (AvgIpc) is 2.40. The molecule has 0 heterocycles. The molecule has 0 bridgehead atoms. The van der Waals surface area contributed by atoms with Crippen molar-refractivity contribution < 1.29 is 4.79 Å². The molecule has 0 spiro atoms. The highest BCUT2D eigenvalue weighted by molar-refractivity contribution is 6.10. The lowest BCUT2D eigenvalue weighted by Gasteiger charge is -2.12. The Bertz CT molecular complexity index is 612. The van der Waals surface area contributed by atoms with Crippen LogP contribution in [0.4, 0.5) is 0 Å². The number of ketones is 1. The van der Waals surface area contributed by atoms with Gasteiger partial charge >= 0.3 is 0 Å². The first-order chi connectivity index (χ1) is 9.47. The van der Waals surface area contributed by atoms with Gasteiger partial charge in [0.15, 0.2) is 5.78 Å². The van der Waals surface area contributed by atoms with Gasteiger partial charge in [-0.25, -0.2) is 0 Å². The third-order valence-corrected chi connectivity index (χ3v) is 3.36. The van der Waals surface area contributed by atoms with E-state index in [1.54, 1.807) is 0 Å². The van der Waals surface area contributed by atoms with Gasteiger partial charge in [-0.05, 0) is 45.1 Å². The monoisotopic (exact) mass is 267 g/mol. The van der Waals surface area contributed by atoms with Crippen molar-refractivity contribution in [3.63, 3.8) is 0 Å². The number of nitrogens with zero attached hydrogens (tertiary/aromatic N) is 1. The molecule has 0 fully saturated rings. The van der Waals surface area contributed by atoms with E-state index >= 15 is 0 Å². The molecule has 2 aromatic rings. The molecule has 0 aliphatic heterocycles. The average molecular weight is 267 g/mol. The van der Waals surface area contributed by atoms with Crippen LogP contribution in [0.5, 0.6) is 0 Å². The Kier molecular flexibility index (Phi) is 4.35. The summed E-state index contributed by atoms with van der Waals surface area (Å²) < 4.78 is 0. The van der Waals surface area contributed by atoms with Crippen molar-refractivity contribution in [3.8, 4) is 0 Å². The van der Waals surface area contributed by atoms with Crippen LogP contribution >= 0.6 is 0 Å². The van der Waals surface area contributed by atoms with Gasteiger partial charge in [0.1, 0.15) is 0 Å². The summed E-state index contributed by atoms with van der Waals surface area (Å²) >= 11 is 0. The van der Waals surface area contributed by atoms with Crippen LogP contribution in [0.1, 0.15) is 32.6 Å². The third-order valence-electron chi connectivity index (χ3n) is 3.36. The van der Waals surface area contributed by atoms with Gasteiger partial charge < -0.3 is 4.90 Å². The van der Waals surface area contributed by atoms with E-state index in [-0.39, 0.29) is 5.78 Å². The van der Waals surface area contributed by atoms with E-state index in [1.807, 2.05) is 64.3 Å². The van der Waals surface area contributed by atoms with Gasteiger partial charge in [0.05, 0.1) is 0 Å². The van der Waals surface area contributed by atoms with E-state index in [9.17, 15) is 4.79 Å². The molecule has 2 rings (SSSR count). The molecule has 0 atom stereocenters. The Morgan fingerprint density at radius 3 is 2.25 bits per heavy atom. The number of hydrogen-bond acceptors (Lipinski definition) is 2. The second kappa shape index (κ2) is 6.02. The quantitative estimate of drug-likeness (QED) is 0.789. The van der Waals surface area contributed by atoms with Gasteiger partial charge in [0, 0.05) is 17.7 Å². The fraction of sp³-hybridized carbons (Fsp3) is 0.278. The van der Waals surface area contributed by atoms with Crippen LogP contribution in [0, 0.1) is 13.8 Å². The number of carbonyl (C=O) groups is 1. The first-order valence-electron chi connectivity index (χ1n) is 6.83. The third kappa shape index (κ3) is 3.34. The summed E-state index contributed by atoms with van der Waals surface area (Å²) in [7, 11) is 4.06. The highest BCUT2D eigenvalue weighted by Gasteiger charge is 2.12. The Morgan fingerprint density at radius 2 is 1.65 bits per heavy atom. The Balaban J connectivity index is 2.35.